The van der Waals surface area contributed by atoms with Crippen molar-refractivity contribution in [2.75, 3.05) is 12.3 Å². The van der Waals surface area contributed by atoms with Crippen molar-refractivity contribution in [3.63, 3.8) is 0 Å². The number of nitrogen functional groups attached to an aromatic ring is 1. The zero-order valence-electron chi connectivity index (χ0n) is 10.8. The number of benzene rings is 1. The summed E-state index contributed by atoms with van der Waals surface area (Å²) in [4.78, 5) is 22.3. The molecule has 7 nitrogen and oxygen atoms in total. The highest BCUT2D eigenvalue weighted by atomic mass is 35.5. The summed E-state index contributed by atoms with van der Waals surface area (Å²) in [7, 11) is 0. The SMILES string of the molecule is CC1OCCC1NC(=O)c1cc(Cl)c(N)c([N+](=O)[O-])c1. The highest BCUT2D eigenvalue weighted by Gasteiger charge is 2.27. The Balaban J connectivity index is 2.24. The molecule has 108 valence electrons. The van der Waals surface area contributed by atoms with Crippen LogP contribution in [0.15, 0.2) is 12.1 Å². The van der Waals surface area contributed by atoms with Gasteiger partial charge in [0, 0.05) is 18.2 Å². The number of rotatable bonds is 3. The second-order valence-corrected chi connectivity index (χ2v) is 5.00. The number of hydrogen-bond donors (Lipinski definition) is 2. The monoisotopic (exact) mass is 299 g/mol. The highest BCUT2D eigenvalue weighted by molar-refractivity contribution is 6.34. The van der Waals surface area contributed by atoms with Crippen LogP contribution < -0.4 is 11.1 Å². The third-order valence-corrected chi connectivity index (χ3v) is 3.57. The molecule has 0 radical (unpaired) electrons. The average molecular weight is 300 g/mol. The van der Waals surface area contributed by atoms with E-state index in [1.807, 2.05) is 6.92 Å². The number of carbonyl (C=O) groups is 1. The molecule has 0 aliphatic carbocycles. The predicted molar refractivity (Wildman–Crippen MR) is 73.8 cm³/mol. The molecule has 0 bridgehead atoms. The van der Waals surface area contributed by atoms with Crippen LogP contribution in [0.5, 0.6) is 0 Å². The van der Waals surface area contributed by atoms with E-state index in [-0.39, 0.29) is 34.1 Å². The fraction of sp³-hybridized carbons (Fsp3) is 0.417. The zero-order chi connectivity index (χ0) is 14.9. The third-order valence-electron chi connectivity index (χ3n) is 3.26. The number of carbonyl (C=O) groups excluding carboxylic acids is 1. The largest absolute Gasteiger partial charge is 0.392 e. The van der Waals surface area contributed by atoms with Gasteiger partial charge in [0.15, 0.2) is 0 Å². The zero-order valence-corrected chi connectivity index (χ0v) is 11.5. The van der Waals surface area contributed by atoms with Gasteiger partial charge in [-0.1, -0.05) is 11.6 Å². The highest BCUT2D eigenvalue weighted by Crippen LogP contribution is 2.31. The van der Waals surface area contributed by atoms with Crippen LogP contribution in [0.3, 0.4) is 0 Å². The van der Waals surface area contributed by atoms with Gasteiger partial charge in [0.1, 0.15) is 5.69 Å². The van der Waals surface area contributed by atoms with Gasteiger partial charge in [0.05, 0.1) is 22.1 Å². The molecule has 1 amide bonds. The lowest BCUT2D eigenvalue weighted by atomic mass is 10.1. The summed E-state index contributed by atoms with van der Waals surface area (Å²) in [5, 5.41) is 13.6. The van der Waals surface area contributed by atoms with Crippen LogP contribution in [0.2, 0.25) is 5.02 Å². The number of nitrogens with two attached hydrogens (primary N) is 1. The number of halogens is 1. The van der Waals surface area contributed by atoms with E-state index in [0.29, 0.717) is 13.0 Å². The molecule has 1 fully saturated rings. The number of ether oxygens (including phenoxy) is 1. The van der Waals surface area contributed by atoms with Crippen LogP contribution in [0.1, 0.15) is 23.7 Å². The molecule has 20 heavy (non-hydrogen) atoms. The lowest BCUT2D eigenvalue weighted by molar-refractivity contribution is -0.383. The second kappa shape index (κ2) is 5.64. The van der Waals surface area contributed by atoms with E-state index in [1.165, 1.54) is 6.07 Å². The minimum absolute atomic E-state index is 0.0138. The Morgan fingerprint density at radius 2 is 2.30 bits per heavy atom. The molecule has 1 aromatic carbocycles. The first-order valence-electron chi connectivity index (χ1n) is 6.06. The Morgan fingerprint density at radius 1 is 1.60 bits per heavy atom. The van der Waals surface area contributed by atoms with Crippen LogP contribution in [0.25, 0.3) is 0 Å². The first-order chi connectivity index (χ1) is 9.40. The summed E-state index contributed by atoms with van der Waals surface area (Å²) in [6, 6.07) is 2.33. The summed E-state index contributed by atoms with van der Waals surface area (Å²) in [6.07, 6.45) is 0.621. The van der Waals surface area contributed by atoms with Crippen LogP contribution in [-0.4, -0.2) is 29.6 Å². The Hall–Kier alpha value is -1.86. The maximum Gasteiger partial charge on any atom is 0.294 e. The molecule has 0 aromatic heterocycles. The maximum absolute atomic E-state index is 12.1. The first-order valence-corrected chi connectivity index (χ1v) is 6.44. The summed E-state index contributed by atoms with van der Waals surface area (Å²) in [5.41, 5.74) is 5.10. The van der Waals surface area contributed by atoms with Gasteiger partial charge in [-0.3, -0.25) is 14.9 Å². The van der Waals surface area contributed by atoms with E-state index in [2.05, 4.69) is 5.32 Å². The maximum atomic E-state index is 12.1. The molecule has 8 heteroatoms. The molecule has 1 aliphatic rings. The van der Waals surface area contributed by atoms with Crippen molar-refractivity contribution < 1.29 is 14.5 Å². The van der Waals surface area contributed by atoms with Gasteiger partial charge in [-0.05, 0) is 19.4 Å². The predicted octanol–water partition coefficient (Wildman–Crippen LogP) is 1.74. The van der Waals surface area contributed by atoms with Gasteiger partial charge in [0.25, 0.3) is 11.6 Å². The van der Waals surface area contributed by atoms with Crippen LogP contribution >= 0.6 is 11.6 Å². The van der Waals surface area contributed by atoms with Gasteiger partial charge < -0.3 is 15.8 Å². The van der Waals surface area contributed by atoms with Crippen LogP contribution in [0.4, 0.5) is 11.4 Å². The number of anilines is 1. The van der Waals surface area contributed by atoms with E-state index in [9.17, 15) is 14.9 Å². The first kappa shape index (κ1) is 14.5. The van der Waals surface area contributed by atoms with Crippen molar-refractivity contribution in [1.29, 1.82) is 0 Å². The van der Waals surface area contributed by atoms with Gasteiger partial charge in [-0.25, -0.2) is 0 Å². The molecule has 3 N–H and O–H groups in total. The topological polar surface area (TPSA) is 107 Å². The molecule has 1 heterocycles. The van der Waals surface area contributed by atoms with Gasteiger partial charge in [-0.2, -0.15) is 0 Å². The Morgan fingerprint density at radius 3 is 2.85 bits per heavy atom. The van der Waals surface area contributed by atoms with Gasteiger partial charge >= 0.3 is 0 Å². The lowest BCUT2D eigenvalue weighted by Crippen LogP contribution is -2.39. The Bertz CT molecular complexity index is 564. The summed E-state index contributed by atoms with van der Waals surface area (Å²) in [5.74, 6) is -0.433. The summed E-state index contributed by atoms with van der Waals surface area (Å²) >= 11 is 5.82. The molecule has 1 saturated heterocycles. The van der Waals surface area contributed by atoms with Crippen LogP contribution in [0, 0.1) is 10.1 Å². The van der Waals surface area contributed by atoms with Crippen molar-refractivity contribution in [2.24, 2.45) is 0 Å². The molecular weight excluding hydrogens is 286 g/mol. The molecule has 0 saturated carbocycles. The molecule has 1 aromatic rings. The van der Waals surface area contributed by atoms with Crippen molar-refractivity contribution in [3.05, 3.63) is 32.8 Å². The molecular formula is C12H14ClN3O4. The quantitative estimate of drug-likeness (QED) is 0.502. The number of nitrogens with one attached hydrogen (secondary N) is 1. The van der Waals surface area contributed by atoms with Crippen molar-refractivity contribution in [3.8, 4) is 0 Å². The fourth-order valence-electron chi connectivity index (χ4n) is 2.06. The van der Waals surface area contributed by atoms with E-state index in [0.717, 1.165) is 6.07 Å². The van der Waals surface area contributed by atoms with E-state index < -0.39 is 10.8 Å². The molecule has 1 aliphatic heterocycles. The van der Waals surface area contributed by atoms with Gasteiger partial charge in [0.2, 0.25) is 0 Å². The molecule has 2 atom stereocenters. The third kappa shape index (κ3) is 2.83. The summed E-state index contributed by atoms with van der Waals surface area (Å²) < 4.78 is 5.34. The van der Waals surface area contributed by atoms with Gasteiger partial charge in [-0.15, -0.1) is 0 Å². The second-order valence-electron chi connectivity index (χ2n) is 4.59. The number of nitro benzene ring substituents is 1. The van der Waals surface area contributed by atoms with E-state index in [1.54, 1.807) is 0 Å². The van der Waals surface area contributed by atoms with Crippen molar-refractivity contribution in [2.45, 2.75) is 25.5 Å². The number of hydrogen-bond acceptors (Lipinski definition) is 5. The Kier molecular flexibility index (Phi) is 4.10. The van der Waals surface area contributed by atoms with E-state index in [4.69, 9.17) is 22.1 Å². The van der Waals surface area contributed by atoms with E-state index >= 15 is 0 Å². The minimum atomic E-state index is -0.667. The van der Waals surface area contributed by atoms with Crippen molar-refractivity contribution >= 4 is 28.9 Å². The molecule has 0 spiro atoms. The van der Waals surface area contributed by atoms with Crippen LogP contribution in [-0.2, 0) is 4.74 Å². The number of amides is 1. The fourth-order valence-corrected chi connectivity index (χ4v) is 2.27. The minimum Gasteiger partial charge on any atom is -0.392 e. The number of nitrogens with zero attached hydrogens (tertiary/aromatic N) is 1. The molecule has 2 unspecified atom stereocenters. The lowest BCUT2D eigenvalue weighted by Gasteiger charge is -2.16. The average Bonchev–Trinajstić information content (AvgIpc) is 2.77. The molecule has 2 rings (SSSR count). The normalized spacial score (nSPS) is 21.7. The summed E-state index contributed by atoms with van der Waals surface area (Å²) in [6.45, 7) is 2.44. The number of nitro groups is 1. The smallest absolute Gasteiger partial charge is 0.294 e. The van der Waals surface area contributed by atoms with Crippen molar-refractivity contribution in [1.82, 2.24) is 5.32 Å². The Labute approximate surface area is 120 Å². The standard InChI is InChI=1S/C12H14ClN3O4/c1-6-9(2-3-20-6)15-12(17)7-4-8(13)11(14)10(5-7)16(18)19/h4-6,9H,2-3,14H2,1H3,(H,15,17).